The molecule has 0 aliphatic heterocycles. The zero-order valence-electron chi connectivity index (χ0n) is 10.5. The fourth-order valence-electron chi connectivity index (χ4n) is 1.53. The standard InChI is InChI=1S/C13H17NO3/c1-8-5-10(7-15)6-9(2)11(8)14-12(16)13(3,4)17/h5-7,17H,1-4H3,(H,14,16). The molecule has 2 N–H and O–H groups in total. The molecular formula is C13H17NO3. The van der Waals surface area contributed by atoms with Gasteiger partial charge in [-0.1, -0.05) is 0 Å². The van der Waals surface area contributed by atoms with Crippen LogP contribution in [0.2, 0.25) is 0 Å². The molecular weight excluding hydrogens is 218 g/mol. The van der Waals surface area contributed by atoms with Crippen molar-refractivity contribution in [3.05, 3.63) is 28.8 Å². The highest BCUT2D eigenvalue weighted by molar-refractivity contribution is 5.98. The lowest BCUT2D eigenvalue weighted by Gasteiger charge is -2.19. The summed E-state index contributed by atoms with van der Waals surface area (Å²) < 4.78 is 0. The van der Waals surface area contributed by atoms with Crippen molar-refractivity contribution in [2.24, 2.45) is 0 Å². The van der Waals surface area contributed by atoms with E-state index in [4.69, 9.17) is 0 Å². The van der Waals surface area contributed by atoms with Crippen LogP contribution in [0.15, 0.2) is 12.1 Å². The van der Waals surface area contributed by atoms with Crippen LogP contribution in [0.5, 0.6) is 0 Å². The summed E-state index contributed by atoms with van der Waals surface area (Å²) in [6.07, 6.45) is 0.765. The number of aldehydes is 1. The second-order valence-corrected chi connectivity index (χ2v) is 4.66. The van der Waals surface area contributed by atoms with E-state index in [9.17, 15) is 14.7 Å². The molecule has 0 bridgehead atoms. The normalized spacial score (nSPS) is 11.1. The molecule has 0 heterocycles. The Morgan fingerprint density at radius 1 is 1.29 bits per heavy atom. The highest BCUT2D eigenvalue weighted by Crippen LogP contribution is 2.22. The smallest absolute Gasteiger partial charge is 0.255 e. The molecule has 1 aromatic rings. The number of aliphatic hydroxyl groups is 1. The maximum absolute atomic E-state index is 11.7. The quantitative estimate of drug-likeness (QED) is 0.785. The molecule has 0 aromatic heterocycles. The lowest BCUT2D eigenvalue weighted by atomic mass is 10.0. The third kappa shape index (κ3) is 3.14. The number of hydrogen-bond donors (Lipinski definition) is 2. The number of aryl methyl sites for hydroxylation is 2. The minimum absolute atomic E-state index is 0.470. The van der Waals surface area contributed by atoms with Gasteiger partial charge in [0.2, 0.25) is 0 Å². The van der Waals surface area contributed by atoms with Crippen LogP contribution in [-0.2, 0) is 4.79 Å². The second kappa shape index (κ2) is 4.67. The molecule has 0 saturated heterocycles. The van der Waals surface area contributed by atoms with Crippen LogP contribution in [0, 0.1) is 13.8 Å². The van der Waals surface area contributed by atoms with Crippen molar-refractivity contribution in [3.63, 3.8) is 0 Å². The molecule has 1 rings (SSSR count). The van der Waals surface area contributed by atoms with Crippen molar-refractivity contribution in [2.75, 3.05) is 5.32 Å². The van der Waals surface area contributed by atoms with E-state index in [1.54, 1.807) is 26.0 Å². The summed E-state index contributed by atoms with van der Waals surface area (Å²) >= 11 is 0. The molecule has 1 amide bonds. The van der Waals surface area contributed by atoms with E-state index in [0.29, 0.717) is 11.3 Å². The average Bonchev–Trinajstić information content (AvgIpc) is 2.21. The molecule has 0 spiro atoms. The van der Waals surface area contributed by atoms with Crippen LogP contribution in [-0.4, -0.2) is 22.9 Å². The minimum Gasteiger partial charge on any atom is -0.381 e. The second-order valence-electron chi connectivity index (χ2n) is 4.66. The Hall–Kier alpha value is -1.68. The van der Waals surface area contributed by atoms with Gasteiger partial charge in [-0.05, 0) is 51.0 Å². The summed E-state index contributed by atoms with van der Waals surface area (Å²) in [6, 6.07) is 3.39. The summed E-state index contributed by atoms with van der Waals surface area (Å²) in [7, 11) is 0. The Labute approximate surface area is 101 Å². The Bertz CT molecular complexity index is 435. The van der Waals surface area contributed by atoms with Crippen molar-refractivity contribution in [3.8, 4) is 0 Å². The van der Waals surface area contributed by atoms with Gasteiger partial charge in [0.05, 0.1) is 0 Å². The van der Waals surface area contributed by atoms with Crippen molar-refractivity contribution in [2.45, 2.75) is 33.3 Å². The van der Waals surface area contributed by atoms with E-state index in [2.05, 4.69) is 5.32 Å². The predicted octanol–water partition coefficient (Wildman–Crippen LogP) is 1.83. The monoisotopic (exact) mass is 235 g/mol. The Kier molecular flexibility index (Phi) is 3.68. The molecule has 0 radical (unpaired) electrons. The van der Waals surface area contributed by atoms with Gasteiger partial charge < -0.3 is 10.4 Å². The highest BCUT2D eigenvalue weighted by Gasteiger charge is 2.24. The number of carbonyl (C=O) groups is 2. The van der Waals surface area contributed by atoms with Gasteiger partial charge in [0.1, 0.15) is 11.9 Å². The number of benzene rings is 1. The molecule has 0 fully saturated rings. The van der Waals surface area contributed by atoms with Gasteiger partial charge in [-0.25, -0.2) is 0 Å². The first-order chi connectivity index (χ1) is 7.75. The largest absolute Gasteiger partial charge is 0.381 e. The highest BCUT2D eigenvalue weighted by atomic mass is 16.3. The molecule has 4 nitrogen and oxygen atoms in total. The zero-order valence-corrected chi connectivity index (χ0v) is 10.5. The first-order valence-corrected chi connectivity index (χ1v) is 5.36. The van der Waals surface area contributed by atoms with Crippen molar-refractivity contribution >= 4 is 17.9 Å². The Balaban J connectivity index is 3.08. The van der Waals surface area contributed by atoms with E-state index in [-0.39, 0.29) is 0 Å². The molecule has 0 aliphatic rings. The maximum Gasteiger partial charge on any atom is 0.255 e. The van der Waals surface area contributed by atoms with Crippen molar-refractivity contribution < 1.29 is 14.7 Å². The van der Waals surface area contributed by atoms with Crippen LogP contribution in [0.3, 0.4) is 0 Å². The summed E-state index contributed by atoms with van der Waals surface area (Å²) in [5.74, 6) is -0.470. The average molecular weight is 235 g/mol. The van der Waals surface area contributed by atoms with Gasteiger partial charge >= 0.3 is 0 Å². The molecule has 4 heteroatoms. The number of amides is 1. The molecule has 17 heavy (non-hydrogen) atoms. The first-order valence-electron chi connectivity index (χ1n) is 5.36. The summed E-state index contributed by atoms with van der Waals surface area (Å²) in [4.78, 5) is 22.3. The summed E-state index contributed by atoms with van der Waals surface area (Å²) in [5.41, 5.74) is 1.38. The van der Waals surface area contributed by atoms with Gasteiger partial charge in [-0.3, -0.25) is 9.59 Å². The third-order valence-electron chi connectivity index (χ3n) is 2.49. The summed E-state index contributed by atoms with van der Waals surface area (Å²) in [5, 5.41) is 12.2. The Morgan fingerprint density at radius 3 is 2.12 bits per heavy atom. The van der Waals surface area contributed by atoms with E-state index in [0.717, 1.165) is 17.4 Å². The minimum atomic E-state index is -1.43. The van der Waals surface area contributed by atoms with Gasteiger partial charge in [0.15, 0.2) is 0 Å². The molecule has 92 valence electrons. The van der Waals surface area contributed by atoms with Crippen LogP contribution >= 0.6 is 0 Å². The fraction of sp³-hybridized carbons (Fsp3) is 0.385. The molecule has 0 unspecified atom stereocenters. The maximum atomic E-state index is 11.7. The fourth-order valence-corrected chi connectivity index (χ4v) is 1.53. The van der Waals surface area contributed by atoms with Gasteiger partial charge in [-0.2, -0.15) is 0 Å². The molecule has 1 aromatic carbocycles. The summed E-state index contributed by atoms with van der Waals surface area (Å²) in [6.45, 7) is 6.46. The van der Waals surface area contributed by atoms with Gasteiger partial charge in [0.25, 0.3) is 5.91 Å². The number of rotatable bonds is 3. The SMILES string of the molecule is Cc1cc(C=O)cc(C)c1NC(=O)C(C)(C)O. The lowest BCUT2D eigenvalue weighted by molar-refractivity contribution is -0.130. The van der Waals surface area contributed by atoms with E-state index < -0.39 is 11.5 Å². The van der Waals surface area contributed by atoms with E-state index in [1.165, 1.54) is 13.8 Å². The topological polar surface area (TPSA) is 66.4 Å². The number of anilines is 1. The third-order valence-corrected chi connectivity index (χ3v) is 2.49. The predicted molar refractivity (Wildman–Crippen MR) is 66.2 cm³/mol. The lowest BCUT2D eigenvalue weighted by Crippen LogP contribution is -2.37. The van der Waals surface area contributed by atoms with Crippen LogP contribution in [0.25, 0.3) is 0 Å². The van der Waals surface area contributed by atoms with Crippen LogP contribution in [0.1, 0.15) is 35.3 Å². The van der Waals surface area contributed by atoms with Crippen molar-refractivity contribution in [1.82, 2.24) is 0 Å². The number of hydrogen-bond acceptors (Lipinski definition) is 3. The zero-order chi connectivity index (χ0) is 13.2. The van der Waals surface area contributed by atoms with E-state index in [1.807, 2.05) is 0 Å². The molecule has 0 aliphatic carbocycles. The van der Waals surface area contributed by atoms with Crippen LogP contribution < -0.4 is 5.32 Å². The van der Waals surface area contributed by atoms with Crippen molar-refractivity contribution in [1.29, 1.82) is 0 Å². The van der Waals surface area contributed by atoms with E-state index >= 15 is 0 Å². The first kappa shape index (κ1) is 13.4. The van der Waals surface area contributed by atoms with Gasteiger partial charge in [0, 0.05) is 11.3 Å². The Morgan fingerprint density at radius 2 is 1.76 bits per heavy atom. The molecule has 0 saturated carbocycles. The number of nitrogens with one attached hydrogen (secondary N) is 1. The van der Waals surface area contributed by atoms with Crippen LogP contribution in [0.4, 0.5) is 5.69 Å². The van der Waals surface area contributed by atoms with Gasteiger partial charge in [-0.15, -0.1) is 0 Å². The number of carbonyl (C=O) groups excluding carboxylic acids is 2. The molecule has 0 atom stereocenters.